The van der Waals surface area contributed by atoms with Crippen LogP contribution >= 0.6 is 0 Å². The van der Waals surface area contributed by atoms with Crippen molar-refractivity contribution in [1.29, 1.82) is 0 Å². The zero-order valence-corrected chi connectivity index (χ0v) is 13.5. The molecule has 1 aromatic carbocycles. The molecule has 118 valence electrons. The van der Waals surface area contributed by atoms with E-state index in [0.29, 0.717) is 12.1 Å². The third kappa shape index (κ3) is 3.59. The second-order valence-corrected chi connectivity index (χ2v) is 7.06. The lowest BCUT2D eigenvalue weighted by Gasteiger charge is -2.16. The highest BCUT2D eigenvalue weighted by Gasteiger charge is 2.14. The molecule has 0 spiro atoms. The number of anilines is 1. The molecular formula is C15H18FN3O2S. The minimum Gasteiger partial charge on any atom is -0.361 e. The number of aryl methyl sites for hydroxylation is 1. The van der Waals surface area contributed by atoms with Gasteiger partial charge in [-0.3, -0.25) is 0 Å². The van der Waals surface area contributed by atoms with Crippen molar-refractivity contribution in [3.05, 3.63) is 47.7 Å². The molecule has 1 heterocycles. The minimum absolute atomic E-state index is 0.145. The first-order valence-electron chi connectivity index (χ1n) is 6.89. The smallest absolute Gasteiger partial charge is 0.186 e. The second kappa shape index (κ2) is 6.39. The molecule has 0 amide bonds. The van der Waals surface area contributed by atoms with Crippen molar-refractivity contribution >= 4 is 15.7 Å². The summed E-state index contributed by atoms with van der Waals surface area (Å²) in [6.07, 6.45) is 2.97. The van der Waals surface area contributed by atoms with E-state index in [2.05, 4.69) is 15.3 Å². The Kier molecular flexibility index (Phi) is 4.75. The van der Waals surface area contributed by atoms with Crippen molar-refractivity contribution in [2.75, 3.05) is 11.6 Å². The maximum absolute atomic E-state index is 14.1. The van der Waals surface area contributed by atoms with Crippen LogP contribution in [0.15, 0.2) is 35.5 Å². The van der Waals surface area contributed by atoms with Crippen molar-refractivity contribution in [2.24, 2.45) is 0 Å². The van der Waals surface area contributed by atoms with Gasteiger partial charge in [-0.25, -0.2) is 22.8 Å². The van der Waals surface area contributed by atoms with Crippen LogP contribution in [-0.2, 0) is 16.3 Å². The standard InChI is InChI=1S/C15H18FN3O2S/c1-4-13-14(16)15(18-9-17-13)19-10(2)11-5-7-12(8-6-11)22(3,20)21/h5-10H,4H2,1-3H3,(H,17,18,19)/t10-/m0/s1. The summed E-state index contributed by atoms with van der Waals surface area (Å²) in [7, 11) is -3.22. The molecule has 1 aromatic heterocycles. The third-order valence-electron chi connectivity index (χ3n) is 3.36. The molecule has 0 aliphatic carbocycles. The van der Waals surface area contributed by atoms with Crippen LogP contribution in [0.1, 0.15) is 31.1 Å². The predicted molar refractivity (Wildman–Crippen MR) is 83.0 cm³/mol. The summed E-state index contributed by atoms with van der Waals surface area (Å²) in [5.41, 5.74) is 1.19. The molecule has 22 heavy (non-hydrogen) atoms. The van der Waals surface area contributed by atoms with Crippen LogP contribution in [0.2, 0.25) is 0 Å². The topological polar surface area (TPSA) is 72.0 Å². The molecule has 5 nitrogen and oxygen atoms in total. The van der Waals surface area contributed by atoms with E-state index >= 15 is 0 Å². The first-order valence-corrected chi connectivity index (χ1v) is 8.78. The Morgan fingerprint density at radius 3 is 2.41 bits per heavy atom. The number of aromatic nitrogens is 2. The number of nitrogens with one attached hydrogen (secondary N) is 1. The minimum atomic E-state index is -3.22. The zero-order valence-electron chi connectivity index (χ0n) is 12.7. The summed E-state index contributed by atoms with van der Waals surface area (Å²) in [4.78, 5) is 8.05. The molecule has 0 aliphatic rings. The predicted octanol–water partition coefficient (Wildman–Crippen LogP) is 2.75. The summed E-state index contributed by atoms with van der Waals surface area (Å²) >= 11 is 0. The van der Waals surface area contributed by atoms with Gasteiger partial charge in [0.15, 0.2) is 21.5 Å². The van der Waals surface area contributed by atoms with Crippen LogP contribution in [0, 0.1) is 5.82 Å². The number of hydrogen-bond acceptors (Lipinski definition) is 5. The van der Waals surface area contributed by atoms with Crippen molar-refractivity contribution in [2.45, 2.75) is 31.2 Å². The van der Waals surface area contributed by atoms with Crippen molar-refractivity contribution in [1.82, 2.24) is 9.97 Å². The SMILES string of the molecule is CCc1ncnc(N[C@@H](C)c2ccc(S(C)(=O)=O)cc2)c1F. The molecule has 0 radical (unpaired) electrons. The molecule has 0 saturated carbocycles. The molecule has 0 fully saturated rings. The molecule has 0 unspecified atom stereocenters. The largest absolute Gasteiger partial charge is 0.361 e. The Balaban J connectivity index is 2.21. The highest BCUT2D eigenvalue weighted by atomic mass is 32.2. The van der Waals surface area contributed by atoms with Gasteiger partial charge in [-0.15, -0.1) is 0 Å². The Morgan fingerprint density at radius 1 is 1.23 bits per heavy atom. The molecule has 1 atom stereocenters. The maximum Gasteiger partial charge on any atom is 0.186 e. The van der Waals surface area contributed by atoms with Gasteiger partial charge < -0.3 is 5.32 Å². The Labute approximate surface area is 129 Å². The van der Waals surface area contributed by atoms with Gasteiger partial charge in [-0.05, 0) is 31.0 Å². The average Bonchev–Trinajstić information content (AvgIpc) is 2.48. The summed E-state index contributed by atoms with van der Waals surface area (Å²) in [5, 5.41) is 2.98. The van der Waals surface area contributed by atoms with Gasteiger partial charge in [0.25, 0.3) is 0 Å². The lowest BCUT2D eigenvalue weighted by molar-refractivity contribution is 0.594. The monoisotopic (exact) mass is 323 g/mol. The molecular weight excluding hydrogens is 305 g/mol. The molecule has 2 rings (SSSR count). The molecule has 1 N–H and O–H groups in total. The Hall–Kier alpha value is -2.02. The fraction of sp³-hybridized carbons (Fsp3) is 0.333. The number of rotatable bonds is 5. The first-order chi connectivity index (χ1) is 10.3. The molecule has 0 aliphatic heterocycles. The molecule has 2 aromatic rings. The van der Waals surface area contributed by atoms with Gasteiger partial charge in [0.05, 0.1) is 16.6 Å². The highest BCUT2D eigenvalue weighted by molar-refractivity contribution is 7.90. The van der Waals surface area contributed by atoms with E-state index in [1.807, 2.05) is 13.8 Å². The molecule has 0 bridgehead atoms. The van der Waals surface area contributed by atoms with Crippen LogP contribution in [0.3, 0.4) is 0 Å². The van der Waals surface area contributed by atoms with Crippen LogP contribution in [0.5, 0.6) is 0 Å². The Morgan fingerprint density at radius 2 is 1.86 bits per heavy atom. The van der Waals surface area contributed by atoms with Crippen molar-refractivity contribution in [3.63, 3.8) is 0 Å². The normalized spacial score (nSPS) is 12.9. The fourth-order valence-electron chi connectivity index (χ4n) is 2.05. The summed E-state index contributed by atoms with van der Waals surface area (Å²) in [6, 6.07) is 6.26. The van der Waals surface area contributed by atoms with Gasteiger partial charge in [-0.2, -0.15) is 0 Å². The third-order valence-corrected chi connectivity index (χ3v) is 4.49. The number of sulfone groups is 1. The average molecular weight is 323 g/mol. The van der Waals surface area contributed by atoms with E-state index in [1.54, 1.807) is 12.1 Å². The fourth-order valence-corrected chi connectivity index (χ4v) is 2.68. The van der Waals surface area contributed by atoms with Gasteiger partial charge in [0.1, 0.15) is 6.33 Å². The molecule has 7 heteroatoms. The van der Waals surface area contributed by atoms with Crippen LogP contribution in [-0.4, -0.2) is 24.6 Å². The van der Waals surface area contributed by atoms with E-state index in [9.17, 15) is 12.8 Å². The number of halogens is 1. The zero-order chi connectivity index (χ0) is 16.3. The van der Waals surface area contributed by atoms with E-state index in [1.165, 1.54) is 18.5 Å². The number of nitrogens with zero attached hydrogens (tertiary/aromatic N) is 2. The summed E-state index contributed by atoms with van der Waals surface area (Å²) in [5.74, 6) is -0.309. The van der Waals surface area contributed by atoms with Gasteiger partial charge in [0.2, 0.25) is 0 Å². The summed E-state index contributed by atoms with van der Waals surface area (Å²) in [6.45, 7) is 3.67. The quantitative estimate of drug-likeness (QED) is 0.916. The molecule has 0 saturated heterocycles. The van der Waals surface area contributed by atoms with Gasteiger partial charge in [-0.1, -0.05) is 19.1 Å². The van der Waals surface area contributed by atoms with Gasteiger partial charge in [0, 0.05) is 6.26 Å². The summed E-state index contributed by atoms with van der Waals surface area (Å²) < 4.78 is 37.0. The van der Waals surface area contributed by atoms with Crippen LogP contribution in [0.25, 0.3) is 0 Å². The Bertz CT molecular complexity index is 761. The number of hydrogen-bond donors (Lipinski definition) is 1. The van der Waals surface area contributed by atoms with E-state index in [-0.39, 0.29) is 16.8 Å². The lowest BCUT2D eigenvalue weighted by atomic mass is 10.1. The van der Waals surface area contributed by atoms with E-state index in [4.69, 9.17) is 0 Å². The van der Waals surface area contributed by atoms with E-state index in [0.717, 1.165) is 11.8 Å². The van der Waals surface area contributed by atoms with Gasteiger partial charge >= 0.3 is 0 Å². The van der Waals surface area contributed by atoms with Crippen LogP contribution < -0.4 is 5.32 Å². The van der Waals surface area contributed by atoms with Crippen LogP contribution in [0.4, 0.5) is 10.2 Å². The lowest BCUT2D eigenvalue weighted by Crippen LogP contribution is -2.11. The van der Waals surface area contributed by atoms with E-state index < -0.39 is 15.7 Å². The van der Waals surface area contributed by atoms with Crippen molar-refractivity contribution < 1.29 is 12.8 Å². The highest BCUT2D eigenvalue weighted by Crippen LogP contribution is 2.22. The first kappa shape index (κ1) is 16.4. The second-order valence-electron chi connectivity index (χ2n) is 5.04. The maximum atomic E-state index is 14.1. The number of benzene rings is 1. The van der Waals surface area contributed by atoms with Crippen molar-refractivity contribution in [3.8, 4) is 0 Å².